The molecule has 0 bridgehead atoms. The van der Waals surface area contributed by atoms with Crippen molar-refractivity contribution in [1.29, 1.82) is 0 Å². The molecule has 0 radical (unpaired) electrons. The maximum absolute atomic E-state index is 12.6. The van der Waals surface area contributed by atoms with Crippen molar-refractivity contribution in [3.05, 3.63) is 83.5 Å². The molecule has 0 aliphatic rings. The van der Waals surface area contributed by atoms with E-state index in [-0.39, 0.29) is 11.8 Å². The van der Waals surface area contributed by atoms with E-state index in [0.29, 0.717) is 22.5 Å². The molecule has 0 spiro atoms. The van der Waals surface area contributed by atoms with Gasteiger partial charge in [-0.05, 0) is 30.3 Å². The van der Waals surface area contributed by atoms with Crippen LogP contribution in [0.15, 0.2) is 67.1 Å². The Balaban J connectivity index is 1.54. The highest BCUT2D eigenvalue weighted by atomic mass is 35.5. The smallest absolute Gasteiger partial charge is 0.357 e. The van der Waals surface area contributed by atoms with E-state index >= 15 is 0 Å². The molecule has 140 valence electrons. The Morgan fingerprint density at radius 1 is 1.14 bits per heavy atom. The number of benzene rings is 2. The average Bonchev–Trinajstić information content (AvgIpc) is 3.22. The summed E-state index contributed by atoms with van der Waals surface area (Å²) < 4.78 is 12.3. The van der Waals surface area contributed by atoms with Crippen molar-refractivity contribution < 1.29 is 14.3 Å². The van der Waals surface area contributed by atoms with Gasteiger partial charge < -0.3 is 9.47 Å². The van der Waals surface area contributed by atoms with Crippen molar-refractivity contribution in [2.75, 3.05) is 7.11 Å². The van der Waals surface area contributed by atoms with E-state index < -0.39 is 5.97 Å². The first-order chi connectivity index (χ1) is 13.7. The molecule has 0 saturated heterocycles. The van der Waals surface area contributed by atoms with Gasteiger partial charge in [0.05, 0.1) is 25.2 Å². The first kappa shape index (κ1) is 18.0. The Bertz CT molecular complexity index is 1140. The van der Waals surface area contributed by atoms with Crippen LogP contribution in [0.3, 0.4) is 0 Å². The van der Waals surface area contributed by atoms with E-state index in [0.717, 1.165) is 11.1 Å². The van der Waals surface area contributed by atoms with Gasteiger partial charge >= 0.3 is 5.97 Å². The monoisotopic (exact) mass is 393 g/mol. The third-order valence-corrected chi connectivity index (χ3v) is 4.62. The van der Waals surface area contributed by atoms with E-state index in [1.165, 1.54) is 6.20 Å². The SMILES string of the molecule is COc1ccc2cc(COC(=O)c3cncn3-c3ccccc3)c(Cl)nc2c1. The van der Waals surface area contributed by atoms with Gasteiger partial charge in [0.15, 0.2) is 5.69 Å². The van der Waals surface area contributed by atoms with Crippen LogP contribution in [0, 0.1) is 0 Å². The maximum Gasteiger partial charge on any atom is 0.357 e. The van der Waals surface area contributed by atoms with E-state index in [1.807, 2.05) is 48.5 Å². The van der Waals surface area contributed by atoms with Gasteiger partial charge in [-0.15, -0.1) is 0 Å². The van der Waals surface area contributed by atoms with Crippen LogP contribution in [0.25, 0.3) is 16.6 Å². The first-order valence-corrected chi connectivity index (χ1v) is 8.91. The third-order valence-electron chi connectivity index (χ3n) is 4.29. The third kappa shape index (κ3) is 3.54. The summed E-state index contributed by atoms with van der Waals surface area (Å²) in [6.45, 7) is 0.00655. The summed E-state index contributed by atoms with van der Waals surface area (Å²) in [6, 6.07) is 16.8. The predicted molar refractivity (Wildman–Crippen MR) is 106 cm³/mol. The topological polar surface area (TPSA) is 66.2 Å². The van der Waals surface area contributed by atoms with Gasteiger partial charge in [-0.2, -0.15) is 0 Å². The minimum absolute atomic E-state index is 0.00655. The molecule has 0 N–H and O–H groups in total. The fourth-order valence-electron chi connectivity index (χ4n) is 2.85. The highest BCUT2D eigenvalue weighted by molar-refractivity contribution is 6.30. The lowest BCUT2D eigenvalue weighted by Gasteiger charge is -2.10. The highest BCUT2D eigenvalue weighted by Gasteiger charge is 2.16. The van der Waals surface area contributed by atoms with Crippen LogP contribution >= 0.6 is 11.6 Å². The molecular formula is C21H16ClN3O3. The number of halogens is 1. The molecule has 0 unspecified atom stereocenters. The Labute approximate surface area is 166 Å². The van der Waals surface area contributed by atoms with Crippen LogP contribution in [-0.2, 0) is 11.3 Å². The number of imidazole rings is 1. The van der Waals surface area contributed by atoms with Crippen LogP contribution in [-0.4, -0.2) is 27.6 Å². The van der Waals surface area contributed by atoms with Gasteiger partial charge in [0.1, 0.15) is 17.5 Å². The second-order valence-corrected chi connectivity index (χ2v) is 6.42. The van der Waals surface area contributed by atoms with Crippen molar-refractivity contribution in [2.24, 2.45) is 0 Å². The molecule has 6 nitrogen and oxygen atoms in total. The number of carbonyl (C=O) groups is 1. The molecule has 0 fully saturated rings. The molecule has 7 heteroatoms. The van der Waals surface area contributed by atoms with Gasteiger partial charge in [0.2, 0.25) is 0 Å². The van der Waals surface area contributed by atoms with Crippen LogP contribution in [0.2, 0.25) is 5.15 Å². The molecule has 0 amide bonds. The Morgan fingerprint density at radius 2 is 1.96 bits per heavy atom. The predicted octanol–water partition coefficient (Wildman–Crippen LogP) is 4.44. The van der Waals surface area contributed by atoms with E-state index in [2.05, 4.69) is 9.97 Å². The number of aromatic nitrogens is 3. The van der Waals surface area contributed by atoms with E-state index in [9.17, 15) is 4.79 Å². The van der Waals surface area contributed by atoms with Crippen molar-refractivity contribution in [2.45, 2.75) is 6.61 Å². The molecule has 28 heavy (non-hydrogen) atoms. The summed E-state index contributed by atoms with van der Waals surface area (Å²) in [4.78, 5) is 21.0. The number of nitrogens with zero attached hydrogens (tertiary/aromatic N) is 3. The van der Waals surface area contributed by atoms with Gasteiger partial charge in [-0.25, -0.2) is 14.8 Å². The number of pyridine rings is 1. The molecule has 0 aliphatic carbocycles. The first-order valence-electron chi connectivity index (χ1n) is 8.54. The van der Waals surface area contributed by atoms with Crippen LogP contribution in [0.1, 0.15) is 16.1 Å². The Hall–Kier alpha value is -3.38. The number of fused-ring (bicyclic) bond motifs is 1. The molecule has 4 rings (SSSR count). The number of hydrogen-bond acceptors (Lipinski definition) is 5. The molecule has 2 heterocycles. The number of esters is 1. The fraction of sp³-hybridized carbons (Fsp3) is 0.0952. The van der Waals surface area contributed by atoms with Crippen LogP contribution in [0.4, 0.5) is 0 Å². The fourth-order valence-corrected chi connectivity index (χ4v) is 3.05. The number of ether oxygens (including phenoxy) is 2. The molecule has 2 aromatic heterocycles. The molecular weight excluding hydrogens is 378 g/mol. The second-order valence-electron chi connectivity index (χ2n) is 6.06. The van der Waals surface area contributed by atoms with Crippen molar-refractivity contribution in [3.63, 3.8) is 0 Å². The normalized spacial score (nSPS) is 10.8. The Kier molecular flexibility index (Phi) is 4.95. The molecule has 0 saturated carbocycles. The summed E-state index contributed by atoms with van der Waals surface area (Å²) in [7, 11) is 1.59. The molecule has 4 aromatic rings. The Morgan fingerprint density at radius 3 is 2.75 bits per heavy atom. The molecule has 0 aliphatic heterocycles. The lowest BCUT2D eigenvalue weighted by molar-refractivity contribution is 0.0463. The summed E-state index contributed by atoms with van der Waals surface area (Å²) in [5, 5.41) is 1.16. The standard InChI is InChI=1S/C21H16ClN3O3/c1-27-17-8-7-14-9-15(20(22)24-18(14)10-17)12-28-21(26)19-11-23-13-25(19)16-5-3-2-4-6-16/h2-11,13H,12H2,1H3. The average molecular weight is 394 g/mol. The number of methoxy groups -OCH3 is 1. The van der Waals surface area contributed by atoms with Crippen LogP contribution in [0.5, 0.6) is 5.75 Å². The zero-order chi connectivity index (χ0) is 19.5. The minimum atomic E-state index is -0.493. The summed E-state index contributed by atoms with van der Waals surface area (Å²) in [5.41, 5.74) is 2.49. The highest BCUT2D eigenvalue weighted by Crippen LogP contribution is 2.25. The molecule has 2 aromatic carbocycles. The zero-order valence-electron chi connectivity index (χ0n) is 15.0. The minimum Gasteiger partial charge on any atom is -0.497 e. The van der Waals surface area contributed by atoms with Gasteiger partial charge in [-0.3, -0.25) is 4.57 Å². The summed E-state index contributed by atoms with van der Waals surface area (Å²) in [6.07, 6.45) is 3.05. The number of para-hydroxylation sites is 1. The number of carbonyl (C=O) groups excluding carboxylic acids is 1. The van der Waals surface area contributed by atoms with E-state index in [4.69, 9.17) is 21.1 Å². The second kappa shape index (κ2) is 7.70. The largest absolute Gasteiger partial charge is 0.497 e. The number of hydrogen-bond donors (Lipinski definition) is 0. The van der Waals surface area contributed by atoms with Crippen molar-refractivity contribution >= 4 is 28.5 Å². The van der Waals surface area contributed by atoms with Gasteiger partial charge in [0, 0.05) is 22.7 Å². The maximum atomic E-state index is 12.6. The lowest BCUT2D eigenvalue weighted by atomic mass is 10.1. The van der Waals surface area contributed by atoms with Crippen molar-refractivity contribution in [1.82, 2.24) is 14.5 Å². The summed E-state index contributed by atoms with van der Waals surface area (Å²) in [5.74, 6) is 0.205. The quantitative estimate of drug-likeness (QED) is 0.370. The lowest BCUT2D eigenvalue weighted by Crippen LogP contribution is -2.11. The summed E-state index contributed by atoms with van der Waals surface area (Å²) >= 11 is 6.27. The van der Waals surface area contributed by atoms with Gasteiger partial charge in [-0.1, -0.05) is 29.8 Å². The van der Waals surface area contributed by atoms with Crippen molar-refractivity contribution in [3.8, 4) is 11.4 Å². The van der Waals surface area contributed by atoms with E-state index in [1.54, 1.807) is 24.1 Å². The van der Waals surface area contributed by atoms with Crippen LogP contribution < -0.4 is 4.74 Å². The van der Waals surface area contributed by atoms with Gasteiger partial charge in [0.25, 0.3) is 0 Å². The molecule has 0 atom stereocenters. The number of rotatable bonds is 5. The zero-order valence-corrected chi connectivity index (χ0v) is 15.8.